The van der Waals surface area contributed by atoms with E-state index in [1.807, 2.05) is 42.5 Å². The number of hydrogen-bond acceptors (Lipinski definition) is 9. The lowest BCUT2D eigenvalue weighted by Crippen LogP contribution is -2.39. The molecule has 0 saturated carbocycles. The Balaban J connectivity index is 1.59. The van der Waals surface area contributed by atoms with Crippen LogP contribution in [0.5, 0.6) is 17.4 Å². The highest BCUT2D eigenvalue weighted by atomic mass is 32.2. The van der Waals surface area contributed by atoms with Crippen molar-refractivity contribution in [3.05, 3.63) is 96.2 Å². The summed E-state index contributed by atoms with van der Waals surface area (Å²) in [6.07, 6.45) is 0. The Morgan fingerprint density at radius 3 is 2.40 bits per heavy atom. The fourth-order valence-corrected chi connectivity index (χ4v) is 5.02. The Morgan fingerprint density at radius 1 is 1.00 bits per heavy atom. The first-order valence-electron chi connectivity index (χ1n) is 12.1. The van der Waals surface area contributed by atoms with Crippen LogP contribution in [-0.2, 0) is 0 Å². The Kier molecular flexibility index (Phi) is 7.75. The van der Waals surface area contributed by atoms with E-state index in [1.165, 1.54) is 4.68 Å². The van der Waals surface area contributed by atoms with E-state index in [0.29, 0.717) is 39.0 Å². The van der Waals surface area contributed by atoms with Crippen LogP contribution in [0.2, 0.25) is 0 Å². The number of aromatic nitrogens is 3. The molecule has 0 unspecified atom stereocenters. The van der Waals surface area contributed by atoms with Crippen LogP contribution in [0.15, 0.2) is 94.5 Å². The smallest absolute Gasteiger partial charge is 0.307 e. The highest BCUT2D eigenvalue weighted by Crippen LogP contribution is 2.40. The second kappa shape index (κ2) is 11.7. The van der Waals surface area contributed by atoms with Gasteiger partial charge in [-0.2, -0.15) is 5.26 Å². The number of Topliss-reactive ketones (excluding diaryl/α,β-unsaturated/α-hetero) is 1. The third kappa shape index (κ3) is 5.23. The monoisotopic (exact) mass is 550 g/mol. The summed E-state index contributed by atoms with van der Waals surface area (Å²) in [6.45, 7) is 0. The average molecular weight is 551 g/mol. The number of para-hydroxylation sites is 1. The topological polar surface area (TPSA) is 125 Å². The molecule has 5 rings (SSSR count). The molecule has 0 aliphatic carbocycles. The molecule has 5 aromatic rings. The van der Waals surface area contributed by atoms with Crippen molar-refractivity contribution in [3.63, 3.8) is 0 Å². The predicted molar refractivity (Wildman–Crippen MR) is 145 cm³/mol. The Morgan fingerprint density at radius 2 is 1.73 bits per heavy atom. The van der Waals surface area contributed by atoms with Gasteiger partial charge >= 0.3 is 5.69 Å². The lowest BCUT2D eigenvalue weighted by Gasteiger charge is -2.15. The largest absolute Gasteiger partial charge is 0.539 e. The maximum absolute atomic E-state index is 13.3. The first-order valence-corrected chi connectivity index (χ1v) is 13.1. The number of nitriles is 1. The molecule has 9 nitrogen and oxygen atoms in total. The van der Waals surface area contributed by atoms with Crippen molar-refractivity contribution in [1.82, 2.24) is 10.3 Å². The van der Waals surface area contributed by atoms with Crippen LogP contribution < -0.4 is 19.3 Å². The quantitative estimate of drug-likeness (QED) is 0.147. The summed E-state index contributed by atoms with van der Waals surface area (Å²) in [5, 5.41) is 26.8. The van der Waals surface area contributed by atoms with Gasteiger partial charge in [-0.15, -0.1) is 0 Å². The summed E-state index contributed by atoms with van der Waals surface area (Å²) in [5.41, 5.74) is 3.17. The van der Waals surface area contributed by atoms with Gasteiger partial charge in [0.1, 0.15) is 22.6 Å². The molecule has 0 spiro atoms. The zero-order chi connectivity index (χ0) is 28.1. The molecule has 0 aliphatic heterocycles. The normalized spacial score (nSPS) is 10.6. The molecule has 198 valence electrons. The van der Waals surface area contributed by atoms with Crippen molar-refractivity contribution < 1.29 is 28.6 Å². The number of methoxy groups -OCH3 is 2. The van der Waals surface area contributed by atoms with Crippen molar-refractivity contribution >= 4 is 17.5 Å². The van der Waals surface area contributed by atoms with Crippen molar-refractivity contribution in [2.45, 2.75) is 5.03 Å². The summed E-state index contributed by atoms with van der Waals surface area (Å²) in [7, 11) is 3.11. The number of thioether (sulfide) groups is 1. The minimum atomic E-state index is -0.845. The molecule has 0 fully saturated rings. The van der Waals surface area contributed by atoms with E-state index in [-0.39, 0.29) is 17.0 Å². The molecule has 10 heteroatoms. The molecule has 0 atom stereocenters. The van der Waals surface area contributed by atoms with E-state index >= 15 is 0 Å². The second-order valence-electron chi connectivity index (χ2n) is 8.45. The van der Waals surface area contributed by atoms with Gasteiger partial charge in [0.25, 0.3) is 0 Å². The number of pyridine rings is 1. The summed E-state index contributed by atoms with van der Waals surface area (Å²) in [4.78, 5) is 18.0. The van der Waals surface area contributed by atoms with Gasteiger partial charge in [0.15, 0.2) is 5.95 Å². The van der Waals surface area contributed by atoms with Crippen molar-refractivity contribution in [1.29, 1.82) is 5.26 Å². The van der Waals surface area contributed by atoms with Gasteiger partial charge in [0.2, 0.25) is 11.5 Å². The zero-order valence-electron chi connectivity index (χ0n) is 21.5. The fraction of sp³-hybridized carbons (Fsp3) is 0.100. The number of ether oxygens (including phenoxy) is 2. The van der Waals surface area contributed by atoms with Gasteiger partial charge in [0, 0.05) is 28.8 Å². The fourth-order valence-electron chi connectivity index (χ4n) is 4.16. The molecule has 0 radical (unpaired) electrons. The third-order valence-electron chi connectivity index (χ3n) is 6.08. The van der Waals surface area contributed by atoms with E-state index in [0.717, 1.165) is 17.3 Å². The summed E-state index contributed by atoms with van der Waals surface area (Å²) >= 11 is 1.05. The summed E-state index contributed by atoms with van der Waals surface area (Å²) in [6, 6.07) is 27.6. The van der Waals surface area contributed by atoms with Gasteiger partial charge in [-0.1, -0.05) is 60.3 Å². The van der Waals surface area contributed by atoms with Crippen LogP contribution in [-0.4, -0.2) is 36.0 Å². The first kappa shape index (κ1) is 26.5. The van der Waals surface area contributed by atoms with E-state index < -0.39 is 11.7 Å². The van der Waals surface area contributed by atoms with Crippen LogP contribution >= 0.6 is 11.8 Å². The predicted octanol–water partition coefficient (Wildman–Crippen LogP) is 4.62. The SMILES string of the molecule is COc1ccc(OC)c(-c2cc(-c3ccccc3)nc(SCC(=O)c3c([O-])on[n+]3-c3ccccc3)c2C#N)c1. The number of carbonyl (C=O) groups is 1. The van der Waals surface area contributed by atoms with Gasteiger partial charge < -0.3 is 19.1 Å². The minimum absolute atomic E-state index is 0.183. The number of benzene rings is 3. The molecular formula is C30H22N4O5S. The highest BCUT2D eigenvalue weighted by molar-refractivity contribution is 8.00. The van der Waals surface area contributed by atoms with Crippen molar-refractivity contribution in [2.75, 3.05) is 20.0 Å². The first-order chi connectivity index (χ1) is 19.5. The Hall–Kier alpha value is -5.14. The Bertz CT molecular complexity index is 1720. The number of nitrogens with zero attached hydrogens (tertiary/aromatic N) is 4. The standard InChI is InChI=1S/C30H22N4O5S/c1-37-21-13-14-27(38-2)23(15-21)22-16-25(19-9-5-3-6-10-19)32-29(24(22)17-31)40-18-26(35)28-30(36)39-33-34(28)20-11-7-4-8-12-20/h3-16H,18H2,1-2H3. The number of rotatable bonds is 9. The number of hydrogen-bond donors (Lipinski definition) is 0. The molecule has 0 bridgehead atoms. The molecule has 3 aromatic carbocycles. The molecule has 0 saturated heterocycles. The van der Waals surface area contributed by atoms with Gasteiger partial charge in [0.05, 0.1) is 36.5 Å². The van der Waals surface area contributed by atoms with Crippen LogP contribution in [0.3, 0.4) is 0 Å². The van der Waals surface area contributed by atoms with Gasteiger partial charge in [-0.25, -0.2) is 4.98 Å². The lowest BCUT2D eigenvalue weighted by atomic mass is 9.98. The maximum atomic E-state index is 13.3. The van der Waals surface area contributed by atoms with E-state index in [4.69, 9.17) is 19.0 Å². The molecule has 2 aromatic heterocycles. The highest BCUT2D eigenvalue weighted by Gasteiger charge is 2.28. The third-order valence-corrected chi connectivity index (χ3v) is 7.06. The van der Waals surface area contributed by atoms with E-state index in [1.54, 1.807) is 56.7 Å². The summed E-state index contributed by atoms with van der Waals surface area (Å²) < 4.78 is 17.0. The lowest BCUT2D eigenvalue weighted by molar-refractivity contribution is -0.672. The minimum Gasteiger partial charge on any atom is -0.539 e. The van der Waals surface area contributed by atoms with Crippen LogP contribution in [0, 0.1) is 11.3 Å². The van der Waals surface area contributed by atoms with E-state index in [2.05, 4.69) is 11.3 Å². The second-order valence-corrected chi connectivity index (χ2v) is 9.41. The summed E-state index contributed by atoms with van der Waals surface area (Å²) in [5.74, 6) is -0.418. The molecule has 40 heavy (non-hydrogen) atoms. The number of ketones is 1. The van der Waals surface area contributed by atoms with Gasteiger partial charge in [-0.05, 0) is 28.9 Å². The maximum Gasteiger partial charge on any atom is 0.307 e. The van der Waals surface area contributed by atoms with Crippen LogP contribution in [0.4, 0.5) is 0 Å². The molecule has 0 aliphatic rings. The van der Waals surface area contributed by atoms with Gasteiger partial charge in [-0.3, -0.25) is 4.79 Å². The average Bonchev–Trinajstić information content (AvgIpc) is 3.41. The molecule has 0 N–H and O–H groups in total. The Labute approximate surface area is 234 Å². The molecule has 2 heterocycles. The van der Waals surface area contributed by atoms with Crippen LogP contribution in [0.25, 0.3) is 28.1 Å². The number of carbonyl (C=O) groups excluding carboxylic acids is 1. The molecule has 0 amide bonds. The van der Waals surface area contributed by atoms with E-state index in [9.17, 15) is 15.2 Å². The zero-order valence-corrected chi connectivity index (χ0v) is 22.3. The molecular weight excluding hydrogens is 528 g/mol. The van der Waals surface area contributed by atoms with Crippen molar-refractivity contribution in [2.24, 2.45) is 0 Å². The van der Waals surface area contributed by atoms with Crippen LogP contribution in [0.1, 0.15) is 16.1 Å². The van der Waals surface area contributed by atoms with Crippen molar-refractivity contribution in [3.8, 4) is 51.6 Å².